The third kappa shape index (κ3) is 2.64. The summed E-state index contributed by atoms with van der Waals surface area (Å²) in [7, 11) is -3.29. The molecule has 1 aromatic carbocycles. The van der Waals surface area contributed by atoms with Gasteiger partial charge in [0.15, 0.2) is 9.84 Å². The number of imidazole rings is 1. The van der Waals surface area contributed by atoms with Crippen LogP contribution in [0.25, 0.3) is 11.0 Å². The molecular weight excluding hydrogens is 262 g/mol. The van der Waals surface area contributed by atoms with Crippen LogP contribution in [0.2, 0.25) is 0 Å². The number of hydrogen-bond donors (Lipinski definition) is 2. The molecule has 3 N–H and O–H groups in total. The molecule has 0 radical (unpaired) electrons. The van der Waals surface area contributed by atoms with E-state index >= 15 is 0 Å². The van der Waals surface area contributed by atoms with Crippen LogP contribution in [0.3, 0.4) is 0 Å². The first kappa shape index (κ1) is 14.0. The third-order valence-corrected chi connectivity index (χ3v) is 4.59. The first-order chi connectivity index (χ1) is 8.84. The fraction of sp³-hybridized carbons (Fsp3) is 0.462. The Labute approximate surface area is 113 Å². The van der Waals surface area contributed by atoms with Gasteiger partial charge < -0.3 is 10.7 Å². The van der Waals surface area contributed by atoms with Gasteiger partial charge >= 0.3 is 0 Å². The predicted octanol–water partition coefficient (Wildman–Crippen LogP) is 2.01. The zero-order valence-corrected chi connectivity index (χ0v) is 12.2. The molecule has 0 saturated heterocycles. The summed E-state index contributed by atoms with van der Waals surface area (Å²) in [6.45, 7) is 4.12. The first-order valence-electron chi connectivity index (χ1n) is 6.28. The van der Waals surface area contributed by atoms with E-state index in [2.05, 4.69) is 23.8 Å². The van der Waals surface area contributed by atoms with E-state index in [-0.39, 0.29) is 16.9 Å². The summed E-state index contributed by atoms with van der Waals surface area (Å²) in [5.41, 5.74) is 7.31. The van der Waals surface area contributed by atoms with Crippen LogP contribution in [-0.2, 0) is 9.84 Å². The lowest BCUT2D eigenvalue weighted by molar-refractivity contribution is 0.442. The molecule has 1 heterocycles. The molecule has 104 valence electrons. The molecule has 0 amide bonds. The molecule has 0 bridgehead atoms. The van der Waals surface area contributed by atoms with Gasteiger partial charge in [-0.05, 0) is 18.1 Å². The van der Waals surface area contributed by atoms with Crippen molar-refractivity contribution < 1.29 is 8.42 Å². The fourth-order valence-corrected chi connectivity index (χ4v) is 2.84. The number of sulfone groups is 1. The predicted molar refractivity (Wildman–Crippen MR) is 75.6 cm³/mol. The number of rotatable bonds is 4. The zero-order chi connectivity index (χ0) is 14.2. The van der Waals surface area contributed by atoms with Crippen molar-refractivity contribution in [2.75, 3.05) is 6.26 Å². The molecule has 0 aliphatic rings. The topological polar surface area (TPSA) is 88.8 Å². The van der Waals surface area contributed by atoms with Crippen LogP contribution in [0.5, 0.6) is 0 Å². The minimum absolute atomic E-state index is 0.218. The Morgan fingerprint density at radius 3 is 2.68 bits per heavy atom. The van der Waals surface area contributed by atoms with Gasteiger partial charge in [-0.25, -0.2) is 13.4 Å². The van der Waals surface area contributed by atoms with E-state index in [1.807, 2.05) is 6.07 Å². The zero-order valence-electron chi connectivity index (χ0n) is 11.3. The van der Waals surface area contributed by atoms with E-state index in [4.69, 9.17) is 5.73 Å². The highest BCUT2D eigenvalue weighted by Crippen LogP contribution is 2.25. The van der Waals surface area contributed by atoms with Crippen LogP contribution in [-0.4, -0.2) is 24.6 Å². The molecule has 2 atom stereocenters. The standard InChI is InChI=1S/C13H19N3O2S/c1-4-8(2)11(14)13-15-9-6-5-7-10(12(9)16-13)19(3,17)18/h5-8,11H,4,14H2,1-3H3,(H,15,16). The SMILES string of the molecule is CCC(C)C(N)c1nc2c(S(C)(=O)=O)cccc2[nH]1. The van der Waals surface area contributed by atoms with Crippen molar-refractivity contribution in [1.29, 1.82) is 0 Å². The second kappa shape index (κ2) is 4.94. The Kier molecular flexibility index (Phi) is 3.64. The maximum absolute atomic E-state index is 11.7. The second-order valence-corrected chi connectivity index (χ2v) is 6.94. The van der Waals surface area contributed by atoms with Gasteiger partial charge in [0.2, 0.25) is 0 Å². The van der Waals surface area contributed by atoms with Crippen molar-refractivity contribution in [2.24, 2.45) is 11.7 Å². The van der Waals surface area contributed by atoms with Crippen LogP contribution in [0.4, 0.5) is 0 Å². The summed E-state index contributed by atoms with van der Waals surface area (Å²) in [5.74, 6) is 0.919. The smallest absolute Gasteiger partial charge is 0.177 e. The number of benzene rings is 1. The highest BCUT2D eigenvalue weighted by Gasteiger charge is 2.20. The summed E-state index contributed by atoms with van der Waals surface area (Å²) >= 11 is 0. The molecule has 0 aliphatic carbocycles. The van der Waals surface area contributed by atoms with Crippen molar-refractivity contribution in [2.45, 2.75) is 31.2 Å². The van der Waals surface area contributed by atoms with Crippen LogP contribution in [0.1, 0.15) is 32.1 Å². The van der Waals surface area contributed by atoms with Crippen molar-refractivity contribution >= 4 is 20.9 Å². The summed E-state index contributed by atoms with van der Waals surface area (Å²) in [6.07, 6.45) is 2.13. The number of hydrogen-bond acceptors (Lipinski definition) is 4. The molecule has 2 aromatic rings. The number of para-hydroxylation sites is 1. The average molecular weight is 281 g/mol. The normalized spacial score (nSPS) is 15.6. The Bertz CT molecular complexity index is 691. The van der Waals surface area contributed by atoms with Gasteiger partial charge in [0, 0.05) is 6.26 Å². The minimum Gasteiger partial charge on any atom is -0.341 e. The highest BCUT2D eigenvalue weighted by molar-refractivity contribution is 7.91. The summed E-state index contributed by atoms with van der Waals surface area (Å²) < 4.78 is 23.5. The van der Waals surface area contributed by atoms with E-state index < -0.39 is 9.84 Å². The van der Waals surface area contributed by atoms with Gasteiger partial charge in [-0.1, -0.05) is 26.3 Å². The molecule has 5 nitrogen and oxygen atoms in total. The lowest BCUT2D eigenvalue weighted by Crippen LogP contribution is -2.19. The van der Waals surface area contributed by atoms with E-state index in [9.17, 15) is 8.42 Å². The monoisotopic (exact) mass is 281 g/mol. The quantitative estimate of drug-likeness (QED) is 0.897. The lowest BCUT2D eigenvalue weighted by Gasteiger charge is -2.15. The Hall–Kier alpha value is -1.40. The van der Waals surface area contributed by atoms with Crippen LogP contribution in [0.15, 0.2) is 23.1 Å². The molecular formula is C13H19N3O2S. The van der Waals surface area contributed by atoms with Crippen molar-refractivity contribution in [3.63, 3.8) is 0 Å². The Morgan fingerprint density at radius 1 is 1.42 bits per heavy atom. The number of nitrogens with one attached hydrogen (secondary N) is 1. The van der Waals surface area contributed by atoms with Crippen LogP contribution < -0.4 is 5.73 Å². The van der Waals surface area contributed by atoms with Crippen molar-refractivity contribution in [3.05, 3.63) is 24.0 Å². The van der Waals surface area contributed by atoms with Gasteiger partial charge in [0.1, 0.15) is 11.3 Å². The van der Waals surface area contributed by atoms with Gasteiger partial charge in [-0.15, -0.1) is 0 Å². The molecule has 0 aliphatic heterocycles. The van der Waals surface area contributed by atoms with Gasteiger partial charge in [-0.2, -0.15) is 0 Å². The van der Waals surface area contributed by atoms with E-state index in [0.29, 0.717) is 16.9 Å². The maximum atomic E-state index is 11.7. The number of aromatic amines is 1. The molecule has 0 saturated carbocycles. The summed E-state index contributed by atoms with van der Waals surface area (Å²) in [4.78, 5) is 7.75. The summed E-state index contributed by atoms with van der Waals surface area (Å²) in [6, 6.07) is 4.86. The second-order valence-electron chi connectivity index (χ2n) is 4.96. The lowest BCUT2D eigenvalue weighted by atomic mass is 10.00. The molecule has 1 aromatic heterocycles. The largest absolute Gasteiger partial charge is 0.341 e. The Morgan fingerprint density at radius 2 is 2.11 bits per heavy atom. The van der Waals surface area contributed by atoms with Crippen molar-refractivity contribution in [3.8, 4) is 0 Å². The summed E-state index contributed by atoms with van der Waals surface area (Å²) in [5, 5.41) is 0. The third-order valence-electron chi connectivity index (χ3n) is 3.47. The van der Waals surface area contributed by atoms with Crippen LogP contribution >= 0.6 is 0 Å². The molecule has 19 heavy (non-hydrogen) atoms. The van der Waals surface area contributed by atoms with Gasteiger partial charge in [0.05, 0.1) is 16.5 Å². The highest BCUT2D eigenvalue weighted by atomic mass is 32.2. The maximum Gasteiger partial charge on any atom is 0.177 e. The van der Waals surface area contributed by atoms with Crippen LogP contribution in [0, 0.1) is 5.92 Å². The molecule has 0 fully saturated rings. The minimum atomic E-state index is -3.29. The van der Waals surface area contributed by atoms with E-state index in [1.54, 1.807) is 12.1 Å². The number of fused-ring (bicyclic) bond motifs is 1. The number of H-pyrrole nitrogens is 1. The van der Waals surface area contributed by atoms with Crippen molar-refractivity contribution in [1.82, 2.24) is 9.97 Å². The van der Waals surface area contributed by atoms with E-state index in [1.165, 1.54) is 6.26 Å². The average Bonchev–Trinajstić information content (AvgIpc) is 2.78. The molecule has 0 spiro atoms. The molecule has 2 rings (SSSR count). The molecule has 6 heteroatoms. The number of nitrogens with zero attached hydrogens (tertiary/aromatic N) is 1. The number of nitrogens with two attached hydrogens (primary N) is 1. The Balaban J connectivity index is 2.58. The first-order valence-corrected chi connectivity index (χ1v) is 8.18. The number of aromatic nitrogens is 2. The van der Waals surface area contributed by atoms with Gasteiger partial charge in [-0.3, -0.25) is 0 Å². The van der Waals surface area contributed by atoms with Gasteiger partial charge in [0.25, 0.3) is 0 Å². The van der Waals surface area contributed by atoms with E-state index in [0.717, 1.165) is 6.42 Å². The molecule has 2 unspecified atom stereocenters. The fourth-order valence-electron chi connectivity index (χ4n) is 2.01.